The lowest BCUT2D eigenvalue weighted by Crippen LogP contribution is -2.33. The minimum atomic E-state index is 0.223. The summed E-state index contributed by atoms with van der Waals surface area (Å²) in [6.45, 7) is 11.6. The number of nitrogens with zero attached hydrogens (tertiary/aromatic N) is 1. The smallest absolute Gasteiger partial charge is 0.137 e. The highest BCUT2D eigenvalue weighted by molar-refractivity contribution is 5.66. The van der Waals surface area contributed by atoms with Gasteiger partial charge < -0.3 is 4.98 Å². The Morgan fingerprint density at radius 1 is 0.808 bits per heavy atom. The van der Waals surface area contributed by atoms with E-state index in [1.807, 2.05) is 6.20 Å². The number of hydrogen-bond acceptors (Lipinski definition) is 1. The Kier molecular flexibility index (Phi) is 3.83. The van der Waals surface area contributed by atoms with Gasteiger partial charge in [0.1, 0.15) is 5.82 Å². The first-order valence-electron chi connectivity index (χ1n) is 9.54. The zero-order chi connectivity index (χ0) is 18.5. The quantitative estimate of drug-likeness (QED) is 0.572. The van der Waals surface area contributed by atoms with Crippen LogP contribution in [0.2, 0.25) is 0 Å². The molecule has 0 bridgehead atoms. The van der Waals surface area contributed by atoms with Gasteiger partial charge in [-0.2, -0.15) is 0 Å². The van der Waals surface area contributed by atoms with Crippen molar-refractivity contribution in [3.63, 3.8) is 0 Å². The number of aryl methyl sites for hydroxylation is 1. The molecule has 0 aliphatic heterocycles. The van der Waals surface area contributed by atoms with E-state index in [9.17, 15) is 0 Å². The van der Waals surface area contributed by atoms with E-state index in [0.29, 0.717) is 0 Å². The van der Waals surface area contributed by atoms with Crippen LogP contribution in [0.3, 0.4) is 0 Å². The molecule has 4 rings (SSSR count). The summed E-state index contributed by atoms with van der Waals surface area (Å²) in [7, 11) is 0. The molecule has 0 radical (unpaired) electrons. The Morgan fingerprint density at radius 2 is 1.42 bits per heavy atom. The molecular weight excluding hydrogens is 316 g/mol. The number of nitrogens with one attached hydrogen (secondary N) is 1. The van der Waals surface area contributed by atoms with Gasteiger partial charge in [0, 0.05) is 5.56 Å². The highest BCUT2D eigenvalue weighted by Crippen LogP contribution is 2.46. The van der Waals surface area contributed by atoms with Crippen LogP contribution in [-0.4, -0.2) is 9.97 Å². The number of aromatic nitrogens is 2. The standard InChI is InChI=1S/C24H28N2/c1-16-6-8-17(9-7-16)22-25-15-21(26-22)18-10-11-19-20(14-18)24(4,5)13-12-23(19,2)3/h6-11,14-15H,12-13H2,1-5H3,(H,25,26). The van der Waals surface area contributed by atoms with Crippen molar-refractivity contribution in [3.8, 4) is 22.6 Å². The van der Waals surface area contributed by atoms with Gasteiger partial charge in [0.25, 0.3) is 0 Å². The van der Waals surface area contributed by atoms with Gasteiger partial charge in [-0.3, -0.25) is 0 Å². The molecule has 3 aromatic rings. The third-order valence-corrected chi connectivity index (χ3v) is 6.06. The van der Waals surface area contributed by atoms with Crippen molar-refractivity contribution in [1.29, 1.82) is 0 Å². The van der Waals surface area contributed by atoms with E-state index in [0.717, 1.165) is 17.1 Å². The molecule has 1 heterocycles. The van der Waals surface area contributed by atoms with Crippen LogP contribution in [0.25, 0.3) is 22.6 Å². The van der Waals surface area contributed by atoms with Gasteiger partial charge in [-0.15, -0.1) is 0 Å². The Morgan fingerprint density at radius 3 is 2.12 bits per heavy atom. The molecule has 1 aliphatic rings. The van der Waals surface area contributed by atoms with Gasteiger partial charge in [-0.05, 0) is 53.4 Å². The monoisotopic (exact) mass is 344 g/mol. The Hall–Kier alpha value is -2.35. The number of imidazole rings is 1. The number of hydrogen-bond donors (Lipinski definition) is 1. The SMILES string of the molecule is Cc1ccc(-c2ncc(-c3ccc4c(c3)C(C)(C)CCC4(C)C)[nH]2)cc1. The Labute approximate surface area is 156 Å². The third-order valence-electron chi connectivity index (χ3n) is 6.06. The van der Waals surface area contributed by atoms with Crippen LogP contribution in [0, 0.1) is 6.92 Å². The molecular formula is C24H28N2. The molecule has 26 heavy (non-hydrogen) atoms. The van der Waals surface area contributed by atoms with E-state index in [1.165, 1.54) is 35.1 Å². The topological polar surface area (TPSA) is 28.7 Å². The number of fused-ring (bicyclic) bond motifs is 1. The molecule has 0 saturated heterocycles. The lowest BCUT2D eigenvalue weighted by Gasteiger charge is -2.42. The fourth-order valence-electron chi connectivity index (χ4n) is 4.08. The molecule has 2 aromatic carbocycles. The summed E-state index contributed by atoms with van der Waals surface area (Å²) in [6, 6.07) is 15.4. The molecule has 0 amide bonds. The van der Waals surface area contributed by atoms with E-state index in [4.69, 9.17) is 0 Å². The average Bonchev–Trinajstić information content (AvgIpc) is 3.09. The summed E-state index contributed by atoms with van der Waals surface area (Å²) >= 11 is 0. The first-order valence-corrected chi connectivity index (χ1v) is 9.54. The van der Waals surface area contributed by atoms with E-state index < -0.39 is 0 Å². The van der Waals surface area contributed by atoms with E-state index in [1.54, 1.807) is 0 Å². The largest absolute Gasteiger partial charge is 0.338 e. The Bertz CT molecular complexity index is 943. The predicted molar refractivity (Wildman–Crippen MR) is 109 cm³/mol. The first kappa shape index (κ1) is 17.1. The molecule has 1 aromatic heterocycles. The molecule has 1 N–H and O–H groups in total. The fourth-order valence-corrected chi connectivity index (χ4v) is 4.08. The van der Waals surface area contributed by atoms with Crippen molar-refractivity contribution < 1.29 is 0 Å². The van der Waals surface area contributed by atoms with Crippen LogP contribution in [0.15, 0.2) is 48.7 Å². The maximum absolute atomic E-state index is 4.61. The summed E-state index contributed by atoms with van der Waals surface area (Å²) in [5.41, 5.74) is 8.16. The molecule has 0 unspecified atom stereocenters. The van der Waals surface area contributed by atoms with Gasteiger partial charge in [0.15, 0.2) is 0 Å². The van der Waals surface area contributed by atoms with Gasteiger partial charge in [-0.25, -0.2) is 4.98 Å². The summed E-state index contributed by atoms with van der Waals surface area (Å²) in [4.78, 5) is 8.12. The third kappa shape index (κ3) is 2.88. The molecule has 0 atom stereocenters. The van der Waals surface area contributed by atoms with Crippen molar-refractivity contribution in [1.82, 2.24) is 9.97 Å². The molecule has 0 spiro atoms. The minimum Gasteiger partial charge on any atom is -0.338 e. The summed E-state index contributed by atoms with van der Waals surface area (Å²) in [6.07, 6.45) is 4.43. The highest BCUT2D eigenvalue weighted by Gasteiger charge is 2.37. The number of H-pyrrole nitrogens is 1. The molecule has 134 valence electrons. The van der Waals surface area contributed by atoms with Gasteiger partial charge >= 0.3 is 0 Å². The predicted octanol–water partition coefficient (Wildman–Crippen LogP) is 6.40. The molecule has 2 nitrogen and oxygen atoms in total. The van der Waals surface area contributed by atoms with Crippen LogP contribution >= 0.6 is 0 Å². The minimum absolute atomic E-state index is 0.223. The second-order valence-corrected chi connectivity index (χ2v) is 9.04. The lowest BCUT2D eigenvalue weighted by atomic mass is 9.63. The molecule has 2 heteroatoms. The van der Waals surface area contributed by atoms with Crippen LogP contribution in [0.5, 0.6) is 0 Å². The van der Waals surface area contributed by atoms with Gasteiger partial charge in [-0.1, -0.05) is 69.7 Å². The van der Waals surface area contributed by atoms with Gasteiger partial charge in [0.2, 0.25) is 0 Å². The second-order valence-electron chi connectivity index (χ2n) is 9.04. The van der Waals surface area contributed by atoms with Gasteiger partial charge in [0.05, 0.1) is 11.9 Å². The molecule has 1 aliphatic carbocycles. The van der Waals surface area contributed by atoms with Crippen LogP contribution in [0.4, 0.5) is 0 Å². The summed E-state index contributed by atoms with van der Waals surface area (Å²) in [5.74, 6) is 0.928. The van der Waals surface area contributed by atoms with E-state index in [2.05, 4.69) is 87.1 Å². The lowest BCUT2D eigenvalue weighted by molar-refractivity contribution is 0.332. The average molecular weight is 345 g/mol. The number of rotatable bonds is 2. The maximum Gasteiger partial charge on any atom is 0.137 e. The van der Waals surface area contributed by atoms with Crippen molar-refractivity contribution in [2.45, 2.75) is 58.3 Å². The van der Waals surface area contributed by atoms with E-state index >= 15 is 0 Å². The molecule has 0 fully saturated rings. The fraction of sp³-hybridized carbons (Fsp3) is 0.375. The zero-order valence-corrected chi connectivity index (χ0v) is 16.5. The van der Waals surface area contributed by atoms with Crippen LogP contribution < -0.4 is 0 Å². The molecule has 0 saturated carbocycles. The number of benzene rings is 2. The van der Waals surface area contributed by atoms with Crippen molar-refractivity contribution in [2.24, 2.45) is 0 Å². The highest BCUT2D eigenvalue weighted by atomic mass is 14.9. The second kappa shape index (κ2) is 5.84. The van der Waals surface area contributed by atoms with Crippen molar-refractivity contribution >= 4 is 0 Å². The number of aromatic amines is 1. The summed E-state index contributed by atoms with van der Waals surface area (Å²) < 4.78 is 0. The van der Waals surface area contributed by atoms with Crippen molar-refractivity contribution in [3.05, 3.63) is 65.4 Å². The summed E-state index contributed by atoms with van der Waals surface area (Å²) in [5, 5.41) is 0. The van der Waals surface area contributed by atoms with Crippen LogP contribution in [-0.2, 0) is 10.8 Å². The zero-order valence-electron chi connectivity index (χ0n) is 16.5. The van der Waals surface area contributed by atoms with Crippen molar-refractivity contribution in [2.75, 3.05) is 0 Å². The normalized spacial score (nSPS) is 17.7. The first-order chi connectivity index (χ1) is 12.3. The maximum atomic E-state index is 4.61. The van der Waals surface area contributed by atoms with E-state index in [-0.39, 0.29) is 10.8 Å². The Balaban J connectivity index is 1.75. The van der Waals surface area contributed by atoms with Crippen LogP contribution in [0.1, 0.15) is 57.2 Å².